The van der Waals surface area contributed by atoms with Crippen molar-refractivity contribution in [1.29, 1.82) is 0 Å². The molecule has 0 atom stereocenters. The minimum absolute atomic E-state index is 0.0458. The number of rotatable bonds is 7. The highest BCUT2D eigenvalue weighted by atomic mass is 16.7. The summed E-state index contributed by atoms with van der Waals surface area (Å²) < 4.78 is 15.7. The zero-order valence-corrected chi connectivity index (χ0v) is 14.7. The number of fused-ring (bicyclic) bond motifs is 1. The standard InChI is InChI=1S/C19H26N2O4/c1-23-12-2-9-21-10-7-16(8-11-21)20-19(22)6-4-15-3-5-17-18(13-15)25-14-24-17/h3-6,13,16H,2,7-12,14H2,1H3,(H,20,22). The second-order valence-corrected chi connectivity index (χ2v) is 6.42. The van der Waals surface area contributed by atoms with Gasteiger partial charge in [0.2, 0.25) is 12.7 Å². The second-order valence-electron chi connectivity index (χ2n) is 6.42. The lowest BCUT2D eigenvalue weighted by Crippen LogP contribution is -2.44. The fraction of sp³-hybridized carbons (Fsp3) is 0.526. The molecular formula is C19H26N2O4. The summed E-state index contributed by atoms with van der Waals surface area (Å²) in [6, 6.07) is 5.91. The number of hydrogen-bond acceptors (Lipinski definition) is 5. The summed E-state index contributed by atoms with van der Waals surface area (Å²) in [6.07, 6.45) is 6.44. The van der Waals surface area contributed by atoms with E-state index in [4.69, 9.17) is 14.2 Å². The number of carbonyl (C=O) groups is 1. The third kappa shape index (κ3) is 5.21. The Morgan fingerprint density at radius 3 is 2.92 bits per heavy atom. The molecule has 2 heterocycles. The van der Waals surface area contributed by atoms with Crippen molar-refractivity contribution in [1.82, 2.24) is 10.2 Å². The second kappa shape index (κ2) is 8.87. The Hall–Kier alpha value is -2.05. The number of carbonyl (C=O) groups excluding carboxylic acids is 1. The van der Waals surface area contributed by atoms with E-state index in [1.165, 1.54) is 0 Å². The van der Waals surface area contributed by atoms with Gasteiger partial charge in [-0.25, -0.2) is 0 Å². The van der Waals surface area contributed by atoms with Gasteiger partial charge in [0.25, 0.3) is 0 Å². The highest BCUT2D eigenvalue weighted by molar-refractivity contribution is 5.92. The SMILES string of the molecule is COCCCN1CCC(NC(=O)C=Cc2ccc3c(c2)OCO3)CC1. The summed E-state index contributed by atoms with van der Waals surface area (Å²) in [5.74, 6) is 1.43. The molecule has 136 valence electrons. The fourth-order valence-electron chi connectivity index (χ4n) is 3.17. The number of benzene rings is 1. The molecule has 0 spiro atoms. The zero-order chi connectivity index (χ0) is 17.5. The molecule has 0 bridgehead atoms. The van der Waals surface area contributed by atoms with E-state index < -0.39 is 0 Å². The van der Waals surface area contributed by atoms with Crippen molar-refractivity contribution in [3.8, 4) is 11.5 Å². The number of ether oxygens (including phenoxy) is 3. The lowest BCUT2D eigenvalue weighted by molar-refractivity contribution is -0.117. The Bertz CT molecular complexity index is 609. The summed E-state index contributed by atoms with van der Waals surface area (Å²) >= 11 is 0. The van der Waals surface area contributed by atoms with Crippen LogP contribution in [0.5, 0.6) is 11.5 Å². The Balaban J connectivity index is 1.41. The number of hydrogen-bond donors (Lipinski definition) is 1. The molecule has 0 aromatic heterocycles. The van der Waals surface area contributed by atoms with E-state index in [9.17, 15) is 4.79 Å². The Labute approximate surface area is 148 Å². The lowest BCUT2D eigenvalue weighted by Gasteiger charge is -2.32. The fourth-order valence-corrected chi connectivity index (χ4v) is 3.17. The molecule has 3 rings (SSSR count). The van der Waals surface area contributed by atoms with Crippen molar-refractivity contribution in [2.45, 2.75) is 25.3 Å². The van der Waals surface area contributed by atoms with Gasteiger partial charge < -0.3 is 24.4 Å². The van der Waals surface area contributed by atoms with Gasteiger partial charge in [0.05, 0.1) is 0 Å². The molecule has 25 heavy (non-hydrogen) atoms. The highest BCUT2D eigenvalue weighted by Gasteiger charge is 2.19. The normalized spacial score (nSPS) is 18.0. The van der Waals surface area contributed by atoms with E-state index in [0.717, 1.165) is 62.6 Å². The maximum absolute atomic E-state index is 12.1. The van der Waals surface area contributed by atoms with Gasteiger partial charge in [-0.2, -0.15) is 0 Å². The molecule has 1 amide bonds. The van der Waals surface area contributed by atoms with Gasteiger partial charge in [0, 0.05) is 45.5 Å². The van der Waals surface area contributed by atoms with Crippen LogP contribution in [0.25, 0.3) is 6.08 Å². The summed E-state index contributed by atoms with van der Waals surface area (Å²) in [4.78, 5) is 14.6. The average molecular weight is 346 g/mol. The third-order valence-corrected chi connectivity index (χ3v) is 4.58. The molecule has 0 unspecified atom stereocenters. The summed E-state index contributed by atoms with van der Waals surface area (Å²) in [5.41, 5.74) is 0.923. The van der Waals surface area contributed by atoms with Crippen LogP contribution in [-0.4, -0.2) is 57.0 Å². The number of piperidine rings is 1. The topological polar surface area (TPSA) is 60.0 Å². The molecule has 1 aromatic carbocycles. The van der Waals surface area contributed by atoms with Crippen LogP contribution in [-0.2, 0) is 9.53 Å². The van der Waals surface area contributed by atoms with Crippen LogP contribution >= 0.6 is 0 Å². The first-order chi connectivity index (χ1) is 12.2. The van der Waals surface area contributed by atoms with E-state index in [-0.39, 0.29) is 18.7 Å². The van der Waals surface area contributed by atoms with Crippen LogP contribution in [0.3, 0.4) is 0 Å². The van der Waals surface area contributed by atoms with E-state index in [2.05, 4.69) is 10.2 Å². The Morgan fingerprint density at radius 2 is 2.12 bits per heavy atom. The summed E-state index contributed by atoms with van der Waals surface area (Å²) in [6.45, 7) is 4.19. The number of nitrogens with zero attached hydrogens (tertiary/aromatic N) is 1. The molecule has 1 aromatic rings. The molecule has 0 radical (unpaired) electrons. The van der Waals surface area contributed by atoms with Crippen molar-refractivity contribution in [2.24, 2.45) is 0 Å². The predicted octanol–water partition coefficient (Wildman–Crippen LogP) is 2.05. The first-order valence-electron chi connectivity index (χ1n) is 8.84. The number of nitrogens with one attached hydrogen (secondary N) is 1. The number of amides is 1. The molecule has 1 saturated heterocycles. The molecule has 0 saturated carbocycles. The molecule has 6 heteroatoms. The maximum Gasteiger partial charge on any atom is 0.244 e. The van der Waals surface area contributed by atoms with Gasteiger partial charge in [-0.1, -0.05) is 6.07 Å². The highest BCUT2D eigenvalue weighted by Crippen LogP contribution is 2.32. The molecule has 6 nitrogen and oxygen atoms in total. The molecule has 1 fully saturated rings. The van der Waals surface area contributed by atoms with Crippen molar-refractivity contribution in [3.05, 3.63) is 29.8 Å². The van der Waals surface area contributed by atoms with Gasteiger partial charge in [0.15, 0.2) is 11.5 Å². The van der Waals surface area contributed by atoms with Gasteiger partial charge in [-0.15, -0.1) is 0 Å². The van der Waals surface area contributed by atoms with Gasteiger partial charge in [-0.05, 0) is 43.0 Å². The predicted molar refractivity (Wildman–Crippen MR) is 95.7 cm³/mol. The summed E-state index contributed by atoms with van der Waals surface area (Å²) in [7, 11) is 1.73. The Kier molecular flexibility index (Phi) is 6.30. The van der Waals surface area contributed by atoms with Crippen LogP contribution < -0.4 is 14.8 Å². The molecular weight excluding hydrogens is 320 g/mol. The first-order valence-corrected chi connectivity index (χ1v) is 8.84. The van der Waals surface area contributed by atoms with Gasteiger partial charge >= 0.3 is 0 Å². The van der Waals surface area contributed by atoms with Crippen molar-refractivity contribution < 1.29 is 19.0 Å². The zero-order valence-electron chi connectivity index (χ0n) is 14.7. The van der Waals surface area contributed by atoms with E-state index >= 15 is 0 Å². The lowest BCUT2D eigenvalue weighted by atomic mass is 10.0. The van der Waals surface area contributed by atoms with Gasteiger partial charge in [-0.3, -0.25) is 4.79 Å². The van der Waals surface area contributed by atoms with Crippen LogP contribution in [0.1, 0.15) is 24.8 Å². The average Bonchev–Trinajstić information content (AvgIpc) is 3.09. The van der Waals surface area contributed by atoms with Crippen LogP contribution in [0.4, 0.5) is 0 Å². The smallest absolute Gasteiger partial charge is 0.244 e. The maximum atomic E-state index is 12.1. The molecule has 0 aliphatic carbocycles. The van der Waals surface area contributed by atoms with Crippen molar-refractivity contribution in [2.75, 3.05) is 40.1 Å². The van der Waals surface area contributed by atoms with Gasteiger partial charge in [0.1, 0.15) is 0 Å². The first kappa shape index (κ1) is 17.8. The largest absolute Gasteiger partial charge is 0.454 e. The third-order valence-electron chi connectivity index (χ3n) is 4.58. The van der Waals surface area contributed by atoms with E-state index in [0.29, 0.717) is 0 Å². The number of methoxy groups -OCH3 is 1. The van der Waals surface area contributed by atoms with Crippen LogP contribution in [0.15, 0.2) is 24.3 Å². The number of likely N-dealkylation sites (tertiary alicyclic amines) is 1. The van der Waals surface area contributed by atoms with Crippen LogP contribution in [0.2, 0.25) is 0 Å². The monoisotopic (exact) mass is 346 g/mol. The van der Waals surface area contributed by atoms with Crippen molar-refractivity contribution >= 4 is 12.0 Å². The van der Waals surface area contributed by atoms with Crippen molar-refractivity contribution in [3.63, 3.8) is 0 Å². The molecule has 2 aliphatic heterocycles. The van der Waals surface area contributed by atoms with E-state index in [1.54, 1.807) is 19.3 Å². The quantitative estimate of drug-likeness (QED) is 0.605. The Morgan fingerprint density at radius 1 is 1.32 bits per heavy atom. The van der Waals surface area contributed by atoms with Crippen LogP contribution in [0, 0.1) is 0 Å². The summed E-state index contributed by atoms with van der Waals surface area (Å²) in [5, 5.41) is 3.10. The molecule has 1 N–H and O–H groups in total. The molecule has 2 aliphatic rings. The minimum atomic E-state index is -0.0458. The van der Waals surface area contributed by atoms with E-state index in [1.807, 2.05) is 18.2 Å². The minimum Gasteiger partial charge on any atom is -0.454 e.